The van der Waals surface area contributed by atoms with Gasteiger partial charge in [0.25, 0.3) is 5.91 Å². The van der Waals surface area contributed by atoms with Gasteiger partial charge in [-0.1, -0.05) is 35.0 Å². The van der Waals surface area contributed by atoms with E-state index in [4.69, 9.17) is 0 Å². The van der Waals surface area contributed by atoms with Crippen LogP contribution in [0.1, 0.15) is 29.3 Å². The molecule has 1 amide bonds. The second-order valence-corrected chi connectivity index (χ2v) is 5.73. The molecule has 4 heteroatoms. The minimum absolute atomic E-state index is 0.0583. The van der Waals surface area contributed by atoms with Crippen LogP contribution >= 0.6 is 15.9 Å². The van der Waals surface area contributed by atoms with Crippen LogP contribution in [-0.2, 0) is 6.54 Å². The summed E-state index contributed by atoms with van der Waals surface area (Å²) in [7, 11) is 0. The van der Waals surface area contributed by atoms with E-state index in [1.807, 2.05) is 48.5 Å². The zero-order valence-electron chi connectivity index (χ0n) is 12.0. The molecule has 0 spiro atoms. The number of hydrogen-bond acceptors (Lipinski definition) is 2. The van der Waals surface area contributed by atoms with Gasteiger partial charge in [-0.05, 0) is 48.4 Å². The number of anilines is 1. The van der Waals surface area contributed by atoms with Crippen molar-refractivity contribution in [1.29, 1.82) is 0 Å². The second kappa shape index (κ2) is 7.84. The number of hydrogen-bond donors (Lipinski definition) is 2. The molecule has 0 aliphatic rings. The van der Waals surface area contributed by atoms with Crippen molar-refractivity contribution < 1.29 is 4.79 Å². The van der Waals surface area contributed by atoms with Crippen molar-refractivity contribution in [1.82, 2.24) is 5.32 Å². The first kappa shape index (κ1) is 15.6. The van der Waals surface area contributed by atoms with Gasteiger partial charge in [0.2, 0.25) is 0 Å². The maximum absolute atomic E-state index is 12.1. The summed E-state index contributed by atoms with van der Waals surface area (Å²) in [5.41, 5.74) is 2.78. The van der Waals surface area contributed by atoms with E-state index in [1.165, 1.54) is 0 Å². The second-order valence-electron chi connectivity index (χ2n) is 4.82. The van der Waals surface area contributed by atoms with Crippen LogP contribution in [0.2, 0.25) is 0 Å². The first-order valence-electron chi connectivity index (χ1n) is 7.05. The van der Waals surface area contributed by atoms with Crippen LogP contribution in [0.4, 0.5) is 5.69 Å². The summed E-state index contributed by atoms with van der Waals surface area (Å²) in [5.74, 6) is -0.0583. The van der Waals surface area contributed by atoms with E-state index in [0.29, 0.717) is 12.1 Å². The lowest BCUT2D eigenvalue weighted by molar-refractivity contribution is 0.0951. The number of benzene rings is 2. The largest absolute Gasteiger partial charge is 0.385 e. The molecule has 2 aromatic carbocycles. The maximum atomic E-state index is 12.1. The highest BCUT2D eigenvalue weighted by Gasteiger charge is 2.05. The predicted octanol–water partition coefficient (Wildman–Crippen LogP) is 4.20. The molecule has 0 aliphatic heterocycles. The van der Waals surface area contributed by atoms with Gasteiger partial charge in [0.1, 0.15) is 0 Å². The first-order chi connectivity index (χ1) is 10.2. The fourth-order valence-corrected chi connectivity index (χ4v) is 2.39. The van der Waals surface area contributed by atoms with Gasteiger partial charge in [0, 0.05) is 28.8 Å². The van der Waals surface area contributed by atoms with Gasteiger partial charge in [0.15, 0.2) is 0 Å². The number of nitrogens with one attached hydrogen (secondary N) is 2. The van der Waals surface area contributed by atoms with Crippen LogP contribution in [-0.4, -0.2) is 12.5 Å². The van der Waals surface area contributed by atoms with Crippen molar-refractivity contribution in [2.45, 2.75) is 19.9 Å². The van der Waals surface area contributed by atoms with Crippen molar-refractivity contribution in [2.24, 2.45) is 0 Å². The molecule has 2 N–H and O–H groups in total. The molecule has 2 aromatic rings. The Kier molecular flexibility index (Phi) is 5.81. The van der Waals surface area contributed by atoms with Gasteiger partial charge < -0.3 is 10.6 Å². The third-order valence-electron chi connectivity index (χ3n) is 3.07. The van der Waals surface area contributed by atoms with Crippen molar-refractivity contribution in [2.75, 3.05) is 11.9 Å². The summed E-state index contributed by atoms with van der Waals surface area (Å²) in [6.45, 7) is 3.58. The third-order valence-corrected chi connectivity index (χ3v) is 3.56. The van der Waals surface area contributed by atoms with E-state index >= 15 is 0 Å². The molecule has 0 aliphatic carbocycles. The highest BCUT2D eigenvalue weighted by atomic mass is 79.9. The summed E-state index contributed by atoms with van der Waals surface area (Å²) in [6.07, 6.45) is 1.08. The fourth-order valence-electron chi connectivity index (χ4n) is 1.94. The first-order valence-corrected chi connectivity index (χ1v) is 7.85. The molecule has 0 saturated carbocycles. The number of rotatable bonds is 6. The average Bonchev–Trinajstić information content (AvgIpc) is 2.51. The monoisotopic (exact) mass is 346 g/mol. The minimum atomic E-state index is -0.0583. The van der Waals surface area contributed by atoms with Crippen molar-refractivity contribution in [3.05, 3.63) is 64.1 Å². The average molecular weight is 347 g/mol. The van der Waals surface area contributed by atoms with Gasteiger partial charge >= 0.3 is 0 Å². The Labute approximate surface area is 133 Å². The summed E-state index contributed by atoms with van der Waals surface area (Å²) in [5, 5.41) is 6.21. The van der Waals surface area contributed by atoms with Gasteiger partial charge in [0.05, 0.1) is 0 Å². The summed E-state index contributed by atoms with van der Waals surface area (Å²) >= 11 is 3.42. The molecular weight excluding hydrogens is 328 g/mol. The Bertz CT molecular complexity index is 596. The number of amides is 1. The summed E-state index contributed by atoms with van der Waals surface area (Å²) in [4.78, 5) is 12.1. The van der Waals surface area contributed by atoms with E-state index in [-0.39, 0.29) is 5.91 Å². The van der Waals surface area contributed by atoms with Gasteiger partial charge in [-0.15, -0.1) is 0 Å². The molecule has 0 heterocycles. The van der Waals surface area contributed by atoms with Gasteiger partial charge in [-0.2, -0.15) is 0 Å². The molecule has 2 rings (SSSR count). The number of carbonyl (C=O) groups excluding carboxylic acids is 1. The smallest absolute Gasteiger partial charge is 0.251 e. The molecule has 0 bridgehead atoms. The third kappa shape index (κ3) is 4.90. The fraction of sp³-hybridized carbons (Fsp3) is 0.235. The molecule has 0 fully saturated rings. The summed E-state index contributed by atoms with van der Waals surface area (Å²) in [6, 6.07) is 15.5. The predicted molar refractivity (Wildman–Crippen MR) is 90.5 cm³/mol. The van der Waals surface area contributed by atoms with E-state index < -0.39 is 0 Å². The molecular formula is C17H19BrN2O. The lowest BCUT2D eigenvalue weighted by atomic mass is 10.1. The molecule has 0 aromatic heterocycles. The van der Waals surface area contributed by atoms with Crippen LogP contribution in [0.3, 0.4) is 0 Å². The SMILES string of the molecule is CCCNc1ccc(C(=O)NCc2cccc(Br)c2)cc1. The van der Waals surface area contributed by atoms with E-state index in [0.717, 1.165) is 28.7 Å². The molecule has 3 nitrogen and oxygen atoms in total. The van der Waals surface area contributed by atoms with Crippen molar-refractivity contribution >= 4 is 27.5 Å². The summed E-state index contributed by atoms with van der Waals surface area (Å²) < 4.78 is 1.01. The highest BCUT2D eigenvalue weighted by molar-refractivity contribution is 9.10. The van der Waals surface area contributed by atoms with Gasteiger partial charge in [-0.25, -0.2) is 0 Å². The van der Waals surface area contributed by atoms with Crippen LogP contribution < -0.4 is 10.6 Å². The highest BCUT2D eigenvalue weighted by Crippen LogP contribution is 2.12. The zero-order chi connectivity index (χ0) is 15.1. The Morgan fingerprint density at radius 1 is 1.14 bits per heavy atom. The maximum Gasteiger partial charge on any atom is 0.251 e. The Hall–Kier alpha value is -1.81. The van der Waals surface area contributed by atoms with E-state index in [9.17, 15) is 4.79 Å². The van der Waals surface area contributed by atoms with E-state index in [2.05, 4.69) is 33.5 Å². The van der Waals surface area contributed by atoms with Crippen LogP contribution in [0, 0.1) is 0 Å². The molecule has 0 saturated heterocycles. The molecule has 110 valence electrons. The van der Waals surface area contributed by atoms with Crippen LogP contribution in [0.15, 0.2) is 53.0 Å². The van der Waals surface area contributed by atoms with Crippen molar-refractivity contribution in [3.8, 4) is 0 Å². The Balaban J connectivity index is 1.91. The molecule has 0 atom stereocenters. The minimum Gasteiger partial charge on any atom is -0.385 e. The van der Waals surface area contributed by atoms with Crippen LogP contribution in [0.25, 0.3) is 0 Å². The topological polar surface area (TPSA) is 41.1 Å². The lowest BCUT2D eigenvalue weighted by Crippen LogP contribution is -2.22. The Morgan fingerprint density at radius 2 is 1.90 bits per heavy atom. The molecule has 21 heavy (non-hydrogen) atoms. The quantitative estimate of drug-likeness (QED) is 0.822. The number of halogens is 1. The van der Waals surface area contributed by atoms with Crippen LogP contribution in [0.5, 0.6) is 0 Å². The molecule has 0 unspecified atom stereocenters. The van der Waals surface area contributed by atoms with Gasteiger partial charge in [-0.3, -0.25) is 4.79 Å². The normalized spacial score (nSPS) is 10.2. The van der Waals surface area contributed by atoms with E-state index in [1.54, 1.807) is 0 Å². The van der Waals surface area contributed by atoms with Crippen molar-refractivity contribution in [3.63, 3.8) is 0 Å². The Morgan fingerprint density at radius 3 is 2.57 bits per heavy atom. The lowest BCUT2D eigenvalue weighted by Gasteiger charge is -2.08. The molecule has 0 radical (unpaired) electrons. The standard InChI is InChI=1S/C17H19BrN2O/c1-2-10-19-16-8-6-14(7-9-16)17(21)20-12-13-4-3-5-15(18)11-13/h3-9,11,19H,2,10,12H2,1H3,(H,20,21). The zero-order valence-corrected chi connectivity index (χ0v) is 13.6. The number of carbonyl (C=O) groups is 1.